The van der Waals surface area contributed by atoms with E-state index in [9.17, 15) is 0 Å². The van der Waals surface area contributed by atoms with Crippen LogP contribution >= 0.6 is 22.6 Å². The molecule has 0 aromatic heterocycles. The fraction of sp³-hybridized carbons (Fsp3) is 0.944. The zero-order valence-corrected chi connectivity index (χ0v) is 13.9. The van der Waals surface area contributed by atoms with Crippen molar-refractivity contribution in [3.63, 3.8) is 0 Å². The average Bonchev–Trinajstić information content (AvgIpc) is 3.31. The van der Waals surface area contributed by atoms with E-state index in [2.05, 4.69) is 28.5 Å². The Morgan fingerprint density at radius 1 is 0.750 bits per heavy atom. The fourth-order valence-corrected chi connectivity index (χ4v) is 15.2. The summed E-state index contributed by atoms with van der Waals surface area (Å²) in [5, 5.41) is 0. The quantitative estimate of drug-likeness (QED) is 0.266. The van der Waals surface area contributed by atoms with Crippen LogP contribution in [0.15, 0.2) is 0 Å². The van der Waals surface area contributed by atoms with E-state index in [1.165, 1.54) is 71.0 Å². The van der Waals surface area contributed by atoms with Crippen LogP contribution in [0.25, 0.3) is 0 Å². The van der Waals surface area contributed by atoms with Crippen LogP contribution in [0.5, 0.6) is 0 Å². The third-order valence-electron chi connectivity index (χ3n) is 11.5. The van der Waals surface area contributed by atoms with Crippen molar-refractivity contribution in [2.45, 2.75) is 16.3 Å². The SMILES string of the molecule is IC12[C@@H]3[C@@H]4C[C@H]([C@@H]31)[C@H]1[C@H]4C12C12[C-]3[C@@H]4[C@@H]5C[C@H]([C@H]34)[C@H]1[C@H]52.[Li+]. The first-order valence-electron chi connectivity index (χ1n) is 8.88. The van der Waals surface area contributed by atoms with Crippen molar-refractivity contribution >= 4 is 22.6 Å². The van der Waals surface area contributed by atoms with Crippen LogP contribution < -0.4 is 18.9 Å². The Hall–Kier alpha value is 1.33. The molecule has 0 spiro atoms. The molecule has 12 aliphatic rings. The van der Waals surface area contributed by atoms with Gasteiger partial charge >= 0.3 is 18.9 Å². The van der Waals surface area contributed by atoms with E-state index in [-0.39, 0.29) is 18.9 Å². The predicted molar refractivity (Wildman–Crippen MR) is 76.0 cm³/mol. The molecule has 0 N–H and O–H groups in total. The minimum Gasteiger partial charge on any atom is -0.304 e. The maximum absolute atomic E-state index is 3.07. The van der Waals surface area contributed by atoms with Crippen LogP contribution in [0.4, 0.5) is 0 Å². The minimum absolute atomic E-state index is 0. The Kier molecular flexibility index (Phi) is 1.07. The Bertz CT molecular complexity index is 646. The molecule has 0 radical (unpaired) electrons. The fourth-order valence-electron chi connectivity index (χ4n) is 12.5. The van der Waals surface area contributed by atoms with Crippen molar-refractivity contribution in [2.24, 2.45) is 81.8 Å². The largest absolute Gasteiger partial charge is 1.00 e. The molecule has 0 aromatic carbocycles. The second-order valence-corrected chi connectivity index (χ2v) is 12.1. The summed E-state index contributed by atoms with van der Waals surface area (Å²) in [6.07, 6.45) is 3.38. The molecule has 96 valence electrons. The molecule has 0 saturated heterocycles. The van der Waals surface area contributed by atoms with Gasteiger partial charge in [-0.15, -0.1) is 5.41 Å². The van der Waals surface area contributed by atoms with Crippen LogP contribution in [0, 0.1) is 87.8 Å². The van der Waals surface area contributed by atoms with Crippen LogP contribution in [0.2, 0.25) is 0 Å². The summed E-state index contributed by atoms with van der Waals surface area (Å²) in [7, 11) is 0. The van der Waals surface area contributed by atoms with Crippen molar-refractivity contribution in [2.75, 3.05) is 0 Å². The molecule has 4 bridgehead atoms. The van der Waals surface area contributed by atoms with E-state index < -0.39 is 0 Å². The van der Waals surface area contributed by atoms with Gasteiger partial charge < -0.3 is 5.92 Å². The summed E-state index contributed by atoms with van der Waals surface area (Å²) in [5.74, 6) is 17.3. The van der Waals surface area contributed by atoms with Crippen molar-refractivity contribution in [3.8, 4) is 0 Å². The second kappa shape index (κ2) is 2.09. The second-order valence-electron chi connectivity index (χ2n) is 10.3. The first-order valence-corrected chi connectivity index (χ1v) is 9.96. The maximum atomic E-state index is 3.07. The maximum Gasteiger partial charge on any atom is 1.00 e. The molecule has 12 rings (SSSR count). The Balaban J connectivity index is 0.000000784. The molecule has 15 atom stereocenters. The van der Waals surface area contributed by atoms with E-state index in [1.54, 1.807) is 12.8 Å². The van der Waals surface area contributed by atoms with Crippen LogP contribution in [-0.4, -0.2) is 3.42 Å². The molecule has 12 fully saturated rings. The summed E-state index contributed by atoms with van der Waals surface area (Å²) < 4.78 is 0.881. The van der Waals surface area contributed by atoms with Crippen LogP contribution in [0.3, 0.4) is 0 Å². The molecular formula is C18H16ILi. The van der Waals surface area contributed by atoms with Crippen LogP contribution in [-0.2, 0) is 0 Å². The first-order chi connectivity index (χ1) is 9.32. The first kappa shape index (κ1) is 10.2. The van der Waals surface area contributed by atoms with Crippen LogP contribution in [0.1, 0.15) is 12.8 Å². The Morgan fingerprint density at radius 2 is 1.30 bits per heavy atom. The molecule has 3 unspecified atom stereocenters. The van der Waals surface area contributed by atoms with Crippen molar-refractivity contribution < 1.29 is 18.9 Å². The summed E-state index contributed by atoms with van der Waals surface area (Å²) in [4.78, 5) is 0. The molecule has 12 saturated carbocycles. The van der Waals surface area contributed by atoms with E-state index in [1.807, 2.05) is 0 Å². The van der Waals surface area contributed by atoms with Crippen molar-refractivity contribution in [1.29, 1.82) is 0 Å². The molecule has 2 heteroatoms. The monoisotopic (exact) mass is 366 g/mol. The van der Waals surface area contributed by atoms with Gasteiger partial charge in [-0.25, -0.2) is 0 Å². The van der Waals surface area contributed by atoms with E-state index in [0.717, 1.165) is 14.3 Å². The number of halogens is 1. The molecule has 0 heterocycles. The minimum atomic E-state index is 0. The molecule has 12 aliphatic carbocycles. The van der Waals surface area contributed by atoms with Gasteiger partial charge in [-0.1, -0.05) is 52.7 Å². The molecule has 0 amide bonds. The molecule has 0 nitrogen and oxygen atoms in total. The van der Waals surface area contributed by atoms with Gasteiger partial charge in [0.1, 0.15) is 0 Å². The number of rotatable bonds is 1. The smallest absolute Gasteiger partial charge is 0.304 e. The summed E-state index contributed by atoms with van der Waals surface area (Å²) in [6, 6.07) is 0. The molecule has 0 aromatic rings. The number of alkyl halides is 1. The van der Waals surface area contributed by atoms with Crippen molar-refractivity contribution in [1.82, 2.24) is 0 Å². The zero-order valence-electron chi connectivity index (χ0n) is 11.7. The van der Waals surface area contributed by atoms with Gasteiger partial charge in [-0.3, -0.25) is 0 Å². The summed E-state index contributed by atoms with van der Waals surface area (Å²) >= 11 is 3.07. The zero-order chi connectivity index (χ0) is 11.4. The molecule has 20 heavy (non-hydrogen) atoms. The van der Waals surface area contributed by atoms with Gasteiger partial charge in [0.25, 0.3) is 0 Å². The Morgan fingerprint density at radius 3 is 1.70 bits per heavy atom. The summed E-state index contributed by atoms with van der Waals surface area (Å²) in [5.41, 5.74) is 1.91. The summed E-state index contributed by atoms with van der Waals surface area (Å²) in [6.45, 7) is 0. The number of hydrogen-bond donors (Lipinski definition) is 0. The standard InChI is InChI=1S/C18H16I.Li/c19-18-13-5-2-6(14(13)18)12-11(5)17(12,18)16-9-3-1-4(10(9)16)8-7(3)15(8)16;/h3-14H,1-2H2;/q-1;+1/t3-,4+,5-,6+,7+,8-,9-,10-,11-,12-,13-,14+,16?,17?,18?;/m0./s1. The van der Waals surface area contributed by atoms with Gasteiger partial charge in [0.15, 0.2) is 0 Å². The van der Waals surface area contributed by atoms with Crippen molar-refractivity contribution in [3.05, 3.63) is 5.92 Å². The van der Waals surface area contributed by atoms with E-state index in [0.29, 0.717) is 0 Å². The third-order valence-corrected chi connectivity index (χ3v) is 13.8. The predicted octanol–water partition coefficient (Wildman–Crippen LogP) is 0.0221. The Labute approximate surface area is 144 Å². The van der Waals surface area contributed by atoms with Gasteiger partial charge in [0.05, 0.1) is 0 Å². The van der Waals surface area contributed by atoms with Gasteiger partial charge in [-0.2, -0.15) is 11.8 Å². The van der Waals surface area contributed by atoms with Gasteiger partial charge in [0.2, 0.25) is 0 Å². The molecular weight excluding hydrogens is 350 g/mol. The molecule has 0 aliphatic heterocycles. The van der Waals surface area contributed by atoms with Gasteiger partial charge in [-0.05, 0) is 47.3 Å². The van der Waals surface area contributed by atoms with Gasteiger partial charge in [0, 0.05) is 3.42 Å². The van der Waals surface area contributed by atoms with E-state index in [4.69, 9.17) is 0 Å². The van der Waals surface area contributed by atoms with E-state index >= 15 is 0 Å². The topological polar surface area (TPSA) is 0 Å². The average molecular weight is 366 g/mol. The number of hydrogen-bond acceptors (Lipinski definition) is 0. The third kappa shape index (κ3) is 0.472. The normalized spacial score (nSPS) is 98.8.